The standard InChI is InChI=1S/C24H31N3O/c1-8-27-20-12-10-9-11-18(20)26-21(27)15-25-19-14-16(23(2,3)4)13-17(22(19)28)24(5,6)7/h9-15,28H,8H2,1-7H3. The largest absolute Gasteiger partial charge is 0.505 e. The number of nitrogens with zero attached hydrogens (tertiary/aromatic N) is 3. The third-order valence-electron chi connectivity index (χ3n) is 5.08. The zero-order valence-electron chi connectivity index (χ0n) is 18.0. The Bertz CT molecular complexity index is 1030. The first kappa shape index (κ1) is 20.1. The van der Waals surface area contributed by atoms with Crippen LogP contribution in [0.2, 0.25) is 0 Å². The summed E-state index contributed by atoms with van der Waals surface area (Å²) in [6.07, 6.45) is 1.76. The molecule has 1 N–H and O–H groups in total. The quantitative estimate of drug-likeness (QED) is 0.560. The molecule has 0 amide bonds. The van der Waals surface area contributed by atoms with Gasteiger partial charge in [-0.25, -0.2) is 9.98 Å². The summed E-state index contributed by atoms with van der Waals surface area (Å²) in [5.74, 6) is 1.04. The number of aryl methyl sites for hydroxylation is 1. The molecule has 0 spiro atoms. The lowest BCUT2D eigenvalue weighted by Gasteiger charge is -2.26. The zero-order valence-corrected chi connectivity index (χ0v) is 18.0. The molecular weight excluding hydrogens is 346 g/mol. The summed E-state index contributed by atoms with van der Waals surface area (Å²) in [6, 6.07) is 12.2. The Morgan fingerprint density at radius 3 is 2.32 bits per heavy atom. The number of aromatic hydroxyl groups is 1. The number of aliphatic imine (C=N–C) groups is 1. The van der Waals surface area contributed by atoms with Gasteiger partial charge in [-0.1, -0.05) is 59.7 Å². The number of hydrogen-bond donors (Lipinski definition) is 1. The average molecular weight is 378 g/mol. The molecule has 0 bridgehead atoms. The minimum atomic E-state index is -0.174. The van der Waals surface area contributed by atoms with Crippen molar-refractivity contribution in [2.45, 2.75) is 65.8 Å². The van der Waals surface area contributed by atoms with Crippen molar-refractivity contribution in [1.82, 2.24) is 9.55 Å². The number of hydrogen-bond acceptors (Lipinski definition) is 3. The molecule has 4 nitrogen and oxygen atoms in total. The molecule has 4 heteroatoms. The fourth-order valence-electron chi connectivity index (χ4n) is 3.37. The molecule has 0 unspecified atom stereocenters. The van der Waals surface area contributed by atoms with E-state index in [1.165, 1.54) is 0 Å². The summed E-state index contributed by atoms with van der Waals surface area (Å²) in [7, 11) is 0. The maximum atomic E-state index is 10.9. The van der Waals surface area contributed by atoms with Gasteiger partial charge in [0.25, 0.3) is 0 Å². The van der Waals surface area contributed by atoms with Crippen molar-refractivity contribution in [3.63, 3.8) is 0 Å². The molecule has 1 heterocycles. The molecule has 0 radical (unpaired) electrons. The van der Waals surface area contributed by atoms with E-state index in [1.807, 2.05) is 24.3 Å². The van der Waals surface area contributed by atoms with Crippen LogP contribution in [0.4, 0.5) is 5.69 Å². The Balaban J connectivity index is 2.14. The summed E-state index contributed by atoms with van der Waals surface area (Å²) >= 11 is 0. The molecule has 0 aliphatic heterocycles. The number of phenols is 1. The second-order valence-corrected chi connectivity index (χ2v) is 9.35. The number of benzene rings is 2. The van der Waals surface area contributed by atoms with Gasteiger partial charge >= 0.3 is 0 Å². The molecule has 0 aliphatic carbocycles. The van der Waals surface area contributed by atoms with Crippen LogP contribution in [0.3, 0.4) is 0 Å². The molecule has 148 valence electrons. The van der Waals surface area contributed by atoms with Gasteiger partial charge in [0.2, 0.25) is 0 Å². The van der Waals surface area contributed by atoms with Gasteiger partial charge in [0.05, 0.1) is 17.2 Å². The first-order valence-corrected chi connectivity index (χ1v) is 9.89. The van der Waals surface area contributed by atoms with Crippen molar-refractivity contribution >= 4 is 22.9 Å². The van der Waals surface area contributed by atoms with Crippen molar-refractivity contribution in [1.29, 1.82) is 0 Å². The highest BCUT2D eigenvalue weighted by atomic mass is 16.3. The second kappa shape index (κ2) is 7.08. The monoisotopic (exact) mass is 377 g/mol. The lowest BCUT2D eigenvalue weighted by atomic mass is 9.80. The average Bonchev–Trinajstić information content (AvgIpc) is 2.96. The molecular formula is C24H31N3O. The van der Waals surface area contributed by atoms with E-state index < -0.39 is 0 Å². The summed E-state index contributed by atoms with van der Waals surface area (Å²) < 4.78 is 2.13. The first-order valence-electron chi connectivity index (χ1n) is 9.89. The maximum Gasteiger partial charge on any atom is 0.152 e. The first-order chi connectivity index (χ1) is 13.0. The van der Waals surface area contributed by atoms with Crippen LogP contribution in [-0.2, 0) is 17.4 Å². The highest BCUT2D eigenvalue weighted by molar-refractivity contribution is 5.86. The molecule has 0 aliphatic rings. The molecule has 3 rings (SSSR count). The lowest BCUT2D eigenvalue weighted by molar-refractivity contribution is 0.446. The number of phenolic OH excluding ortho intramolecular Hbond substituents is 1. The molecule has 2 aromatic carbocycles. The zero-order chi connectivity index (χ0) is 20.7. The van der Waals surface area contributed by atoms with Crippen LogP contribution in [0.5, 0.6) is 5.75 Å². The second-order valence-electron chi connectivity index (χ2n) is 9.35. The van der Waals surface area contributed by atoms with Gasteiger partial charge < -0.3 is 9.67 Å². The highest BCUT2D eigenvalue weighted by Crippen LogP contribution is 2.41. The Morgan fingerprint density at radius 1 is 1.04 bits per heavy atom. The van der Waals surface area contributed by atoms with Gasteiger partial charge in [-0.3, -0.25) is 0 Å². The maximum absolute atomic E-state index is 10.9. The summed E-state index contributed by atoms with van der Waals surface area (Å²) in [5.41, 5.74) is 4.50. The van der Waals surface area contributed by atoms with Crippen molar-refractivity contribution < 1.29 is 5.11 Å². The SMILES string of the molecule is CCn1c(C=Nc2cc(C(C)(C)C)cc(C(C)(C)C)c2O)nc2ccccc21. The van der Waals surface area contributed by atoms with Gasteiger partial charge in [-0.05, 0) is 41.5 Å². The van der Waals surface area contributed by atoms with Gasteiger partial charge in [0.1, 0.15) is 11.4 Å². The fourth-order valence-corrected chi connectivity index (χ4v) is 3.37. The van der Waals surface area contributed by atoms with Gasteiger partial charge in [0, 0.05) is 12.1 Å². The Morgan fingerprint density at radius 2 is 1.71 bits per heavy atom. The van der Waals surface area contributed by atoms with Crippen LogP contribution in [0.1, 0.15) is 65.4 Å². The van der Waals surface area contributed by atoms with Crippen LogP contribution < -0.4 is 0 Å². The van der Waals surface area contributed by atoms with E-state index >= 15 is 0 Å². The molecule has 0 fully saturated rings. The van der Waals surface area contributed by atoms with E-state index in [2.05, 4.69) is 70.2 Å². The number of imidazole rings is 1. The van der Waals surface area contributed by atoms with E-state index in [-0.39, 0.29) is 16.6 Å². The molecule has 0 atom stereocenters. The molecule has 28 heavy (non-hydrogen) atoms. The Kier molecular flexibility index (Phi) is 5.09. The normalized spacial score (nSPS) is 13.0. The topological polar surface area (TPSA) is 50.4 Å². The predicted molar refractivity (Wildman–Crippen MR) is 118 cm³/mol. The van der Waals surface area contributed by atoms with Crippen LogP contribution in [-0.4, -0.2) is 20.9 Å². The lowest BCUT2D eigenvalue weighted by Crippen LogP contribution is -2.16. The van der Waals surface area contributed by atoms with Crippen molar-refractivity contribution in [3.8, 4) is 5.75 Å². The van der Waals surface area contributed by atoms with Crippen molar-refractivity contribution in [3.05, 3.63) is 53.3 Å². The number of rotatable bonds is 3. The third-order valence-corrected chi connectivity index (χ3v) is 5.08. The van der Waals surface area contributed by atoms with Crippen LogP contribution >= 0.6 is 0 Å². The van der Waals surface area contributed by atoms with Crippen molar-refractivity contribution in [2.75, 3.05) is 0 Å². The van der Waals surface area contributed by atoms with Gasteiger partial charge in [0.15, 0.2) is 5.82 Å². The molecule has 0 saturated carbocycles. The number of aromatic nitrogens is 2. The molecule has 0 saturated heterocycles. The third kappa shape index (κ3) is 3.82. The van der Waals surface area contributed by atoms with Crippen molar-refractivity contribution in [2.24, 2.45) is 4.99 Å². The van der Waals surface area contributed by atoms with E-state index in [9.17, 15) is 5.11 Å². The van der Waals surface area contributed by atoms with Gasteiger partial charge in [-0.15, -0.1) is 0 Å². The van der Waals surface area contributed by atoms with Crippen LogP contribution in [0.15, 0.2) is 41.4 Å². The van der Waals surface area contributed by atoms with Gasteiger partial charge in [-0.2, -0.15) is 0 Å². The fraction of sp³-hybridized carbons (Fsp3) is 0.417. The Hall–Kier alpha value is -2.62. The number of fused-ring (bicyclic) bond motifs is 1. The van der Waals surface area contributed by atoms with Crippen LogP contribution in [0, 0.1) is 0 Å². The number of para-hydroxylation sites is 2. The molecule has 1 aromatic heterocycles. The Labute approximate surface area is 168 Å². The van der Waals surface area contributed by atoms with E-state index in [1.54, 1.807) is 6.21 Å². The predicted octanol–water partition coefficient (Wildman–Crippen LogP) is 6.11. The summed E-state index contributed by atoms with van der Waals surface area (Å²) in [6.45, 7) is 15.8. The summed E-state index contributed by atoms with van der Waals surface area (Å²) in [5, 5.41) is 10.9. The highest BCUT2D eigenvalue weighted by Gasteiger charge is 2.24. The van der Waals surface area contributed by atoms with E-state index in [0.29, 0.717) is 5.69 Å². The minimum absolute atomic E-state index is 0.0332. The van der Waals surface area contributed by atoms with Crippen LogP contribution in [0.25, 0.3) is 11.0 Å². The minimum Gasteiger partial charge on any atom is -0.505 e. The van der Waals surface area contributed by atoms with E-state index in [0.717, 1.165) is 34.5 Å². The van der Waals surface area contributed by atoms with E-state index in [4.69, 9.17) is 4.98 Å². The summed E-state index contributed by atoms with van der Waals surface area (Å²) in [4.78, 5) is 9.37. The molecule has 3 aromatic rings. The smallest absolute Gasteiger partial charge is 0.152 e.